The van der Waals surface area contributed by atoms with Gasteiger partial charge in [0.2, 0.25) is 0 Å². The van der Waals surface area contributed by atoms with E-state index in [4.69, 9.17) is 0 Å². The van der Waals surface area contributed by atoms with Gasteiger partial charge in [0.05, 0.1) is 0 Å². The maximum absolute atomic E-state index is 9.81. The van der Waals surface area contributed by atoms with Crippen molar-refractivity contribution < 1.29 is 5.11 Å². The molecular weight excluding hydrogens is 615 g/mol. The summed E-state index contributed by atoms with van der Waals surface area (Å²) < 4.78 is 0. The molecule has 3 fully saturated rings. The van der Waals surface area contributed by atoms with E-state index in [1.807, 2.05) is 12.1 Å². The monoisotopic (exact) mass is 671 g/mol. The highest BCUT2D eigenvalue weighted by Gasteiger charge is 2.35. The zero-order valence-electron chi connectivity index (χ0n) is 29.8. The van der Waals surface area contributed by atoms with E-state index in [0.717, 1.165) is 78.0 Å². The van der Waals surface area contributed by atoms with E-state index in [0.29, 0.717) is 29.9 Å². The number of nitrogens with zero attached hydrogens (tertiary/aromatic N) is 4. The normalized spacial score (nSPS) is 23.2. The van der Waals surface area contributed by atoms with Gasteiger partial charge in [0.15, 0.2) is 0 Å². The molecule has 2 N–H and O–H groups in total. The summed E-state index contributed by atoms with van der Waals surface area (Å²) in [5, 5.41) is 13.5. The zero-order chi connectivity index (χ0) is 34.0. The summed E-state index contributed by atoms with van der Waals surface area (Å²) in [6, 6.07) is 43.3. The number of phenolic OH excluding ortho intramolecular Hbond substituents is 1. The Balaban J connectivity index is 1.06. The number of hydrogen-bond donors (Lipinski definition) is 2. The summed E-state index contributed by atoms with van der Waals surface area (Å²) >= 11 is 0. The number of nitrogens with one attached hydrogen (secondary N) is 1. The largest absolute Gasteiger partial charge is 0.508 e. The Morgan fingerprint density at radius 3 is 1.98 bits per heavy atom. The lowest BCUT2D eigenvalue weighted by molar-refractivity contribution is 0.0299. The molecular formula is C44H57N5O. The average molecular weight is 672 g/mol. The van der Waals surface area contributed by atoms with Crippen LogP contribution in [0.5, 0.6) is 5.75 Å². The molecule has 7 rings (SSSR count). The highest BCUT2D eigenvalue weighted by Crippen LogP contribution is 2.26. The Hall–Kier alpha value is -3.52. The van der Waals surface area contributed by atoms with Crippen LogP contribution in [0.3, 0.4) is 0 Å². The van der Waals surface area contributed by atoms with Crippen molar-refractivity contribution in [1.29, 1.82) is 0 Å². The quantitative estimate of drug-likeness (QED) is 0.178. The van der Waals surface area contributed by atoms with Crippen molar-refractivity contribution in [1.82, 2.24) is 24.9 Å². The van der Waals surface area contributed by atoms with Gasteiger partial charge in [-0.15, -0.1) is 0 Å². The maximum atomic E-state index is 9.81. The molecule has 6 heteroatoms. The van der Waals surface area contributed by atoms with Crippen molar-refractivity contribution in [3.63, 3.8) is 0 Å². The second kappa shape index (κ2) is 17.6. The van der Waals surface area contributed by atoms with Gasteiger partial charge in [-0.05, 0) is 79.5 Å². The predicted octanol–water partition coefficient (Wildman–Crippen LogP) is 5.76. The Bertz CT molecular complexity index is 1550. The molecule has 0 bridgehead atoms. The van der Waals surface area contributed by atoms with Crippen LogP contribution < -0.4 is 5.32 Å². The Morgan fingerprint density at radius 2 is 1.28 bits per heavy atom. The first-order valence-corrected chi connectivity index (χ1v) is 19.2. The van der Waals surface area contributed by atoms with E-state index in [2.05, 4.69) is 128 Å². The molecule has 264 valence electrons. The summed E-state index contributed by atoms with van der Waals surface area (Å²) in [6.07, 6.45) is 6.91. The SMILES string of the molecule is Oc1ccc(CCN2CCN([C@@H](Cc3ccccc3)CN3CCCC3CN3CCNC[C@@H]3Cc3ccccc3)C[C@@H]2Cc2ccccc2)cc1. The first-order valence-electron chi connectivity index (χ1n) is 19.2. The van der Waals surface area contributed by atoms with Gasteiger partial charge in [0, 0.05) is 83.1 Å². The van der Waals surface area contributed by atoms with Gasteiger partial charge in [-0.2, -0.15) is 0 Å². The number of rotatable bonds is 14. The summed E-state index contributed by atoms with van der Waals surface area (Å²) in [7, 11) is 0. The first-order chi connectivity index (χ1) is 24.7. The Kier molecular flexibility index (Phi) is 12.3. The van der Waals surface area contributed by atoms with Crippen molar-refractivity contribution >= 4 is 0 Å². The van der Waals surface area contributed by atoms with E-state index in [1.54, 1.807) is 0 Å². The van der Waals surface area contributed by atoms with Crippen LogP contribution in [-0.4, -0.2) is 114 Å². The molecule has 0 saturated carbocycles. The van der Waals surface area contributed by atoms with E-state index in [9.17, 15) is 5.11 Å². The molecule has 0 spiro atoms. The second-order valence-corrected chi connectivity index (χ2v) is 15.0. The van der Waals surface area contributed by atoms with Crippen LogP contribution in [0.2, 0.25) is 0 Å². The smallest absolute Gasteiger partial charge is 0.115 e. The fraction of sp³-hybridized carbons (Fsp3) is 0.455. The lowest BCUT2D eigenvalue weighted by atomic mass is 9.97. The van der Waals surface area contributed by atoms with Crippen LogP contribution >= 0.6 is 0 Å². The average Bonchev–Trinajstić information content (AvgIpc) is 3.59. The van der Waals surface area contributed by atoms with Gasteiger partial charge in [0.1, 0.15) is 5.75 Å². The third kappa shape index (κ3) is 9.62. The van der Waals surface area contributed by atoms with Crippen LogP contribution in [-0.2, 0) is 25.7 Å². The van der Waals surface area contributed by atoms with E-state index in [-0.39, 0.29) is 0 Å². The van der Waals surface area contributed by atoms with Crippen LogP contribution in [0, 0.1) is 0 Å². The third-order valence-corrected chi connectivity index (χ3v) is 11.6. The third-order valence-electron chi connectivity index (χ3n) is 11.6. The Morgan fingerprint density at radius 1 is 0.620 bits per heavy atom. The zero-order valence-corrected chi connectivity index (χ0v) is 29.8. The standard InChI is InChI=1S/C44H57N5O/c50-44-20-18-36(19-21-44)22-25-46-27-28-49(34-42(46)30-38-13-6-2-7-14-38)43(31-39-15-8-3-9-16-39)35-47-24-10-17-40(47)33-48-26-23-45-32-41(48)29-37-11-4-1-5-12-37/h1-9,11-16,18-21,40-43,45,50H,10,17,22-35H2/t40?,41-,42-,43-/m0/s1. The lowest BCUT2D eigenvalue weighted by Gasteiger charge is -2.46. The number of aromatic hydroxyl groups is 1. The molecule has 3 saturated heterocycles. The molecule has 0 aliphatic carbocycles. The molecule has 0 radical (unpaired) electrons. The molecule has 1 unspecified atom stereocenters. The molecule has 50 heavy (non-hydrogen) atoms. The van der Waals surface area contributed by atoms with Crippen LogP contribution in [0.1, 0.15) is 35.1 Å². The van der Waals surface area contributed by atoms with Gasteiger partial charge in [-0.1, -0.05) is 103 Å². The Labute approximate surface area is 300 Å². The molecule has 3 heterocycles. The lowest BCUT2D eigenvalue weighted by Crippen LogP contribution is -2.60. The molecule has 4 aromatic carbocycles. The minimum Gasteiger partial charge on any atom is -0.508 e. The highest BCUT2D eigenvalue weighted by atomic mass is 16.3. The van der Waals surface area contributed by atoms with Crippen molar-refractivity contribution in [2.24, 2.45) is 0 Å². The fourth-order valence-electron chi connectivity index (χ4n) is 8.77. The van der Waals surface area contributed by atoms with E-state index in [1.165, 1.54) is 48.2 Å². The summed E-state index contributed by atoms with van der Waals surface area (Å²) in [5.41, 5.74) is 5.62. The number of benzene rings is 4. The van der Waals surface area contributed by atoms with Crippen molar-refractivity contribution in [2.75, 3.05) is 65.4 Å². The summed E-state index contributed by atoms with van der Waals surface area (Å²) in [4.78, 5) is 11.3. The number of piperazine rings is 2. The second-order valence-electron chi connectivity index (χ2n) is 15.0. The molecule has 4 aromatic rings. The van der Waals surface area contributed by atoms with Crippen LogP contribution in [0.4, 0.5) is 0 Å². The molecule has 6 nitrogen and oxygen atoms in total. The van der Waals surface area contributed by atoms with Gasteiger partial charge in [-0.25, -0.2) is 0 Å². The minimum atomic E-state index is 0.342. The first kappa shape index (κ1) is 34.9. The van der Waals surface area contributed by atoms with Crippen molar-refractivity contribution in [2.45, 2.75) is 62.7 Å². The van der Waals surface area contributed by atoms with Gasteiger partial charge < -0.3 is 10.4 Å². The molecule has 3 aliphatic rings. The minimum absolute atomic E-state index is 0.342. The topological polar surface area (TPSA) is 45.2 Å². The number of phenols is 1. The molecule has 0 amide bonds. The summed E-state index contributed by atoms with van der Waals surface area (Å²) in [6.45, 7) is 11.2. The highest BCUT2D eigenvalue weighted by molar-refractivity contribution is 5.26. The van der Waals surface area contributed by atoms with Gasteiger partial charge >= 0.3 is 0 Å². The van der Waals surface area contributed by atoms with Gasteiger partial charge in [0.25, 0.3) is 0 Å². The molecule has 4 atom stereocenters. The van der Waals surface area contributed by atoms with Crippen LogP contribution in [0.25, 0.3) is 0 Å². The number of hydrogen-bond acceptors (Lipinski definition) is 6. The van der Waals surface area contributed by atoms with E-state index >= 15 is 0 Å². The number of likely N-dealkylation sites (tertiary alicyclic amines) is 1. The predicted molar refractivity (Wildman–Crippen MR) is 206 cm³/mol. The van der Waals surface area contributed by atoms with Crippen molar-refractivity contribution in [3.05, 3.63) is 138 Å². The summed E-state index contributed by atoms with van der Waals surface area (Å²) in [5.74, 6) is 0.342. The fourth-order valence-corrected chi connectivity index (χ4v) is 8.77. The molecule has 3 aliphatic heterocycles. The van der Waals surface area contributed by atoms with E-state index < -0.39 is 0 Å². The maximum Gasteiger partial charge on any atom is 0.115 e. The molecule has 0 aromatic heterocycles. The van der Waals surface area contributed by atoms with Crippen molar-refractivity contribution in [3.8, 4) is 5.75 Å². The van der Waals surface area contributed by atoms with Crippen LogP contribution in [0.15, 0.2) is 115 Å². The van der Waals surface area contributed by atoms with Gasteiger partial charge in [-0.3, -0.25) is 19.6 Å².